The van der Waals surface area contributed by atoms with Crippen molar-refractivity contribution in [3.63, 3.8) is 0 Å². The highest BCUT2D eigenvalue weighted by Crippen LogP contribution is 2.27. The molecule has 25 heavy (non-hydrogen) atoms. The molecule has 0 fully saturated rings. The van der Waals surface area contributed by atoms with Crippen LogP contribution < -0.4 is 14.8 Å². The van der Waals surface area contributed by atoms with Gasteiger partial charge in [-0.1, -0.05) is 23.7 Å². The second-order valence-corrected chi connectivity index (χ2v) is 6.14. The normalized spacial score (nSPS) is 10.6. The molecular weight excluding hydrogens is 345 g/mol. The zero-order chi connectivity index (χ0) is 18.2. The fourth-order valence-corrected chi connectivity index (χ4v) is 2.34. The average Bonchev–Trinajstić information content (AvgIpc) is 2.55. The van der Waals surface area contributed by atoms with Crippen molar-refractivity contribution in [1.82, 2.24) is 0 Å². The van der Waals surface area contributed by atoms with Gasteiger partial charge in [0, 0.05) is 12.5 Å². The number of para-hydroxylation sites is 1. The van der Waals surface area contributed by atoms with Gasteiger partial charge in [0.25, 0.3) is 0 Å². The fraction of sp³-hybridized carbons (Fsp3) is 0.316. The van der Waals surface area contributed by atoms with Crippen molar-refractivity contribution in [2.75, 3.05) is 11.9 Å². The third-order valence-corrected chi connectivity index (χ3v) is 3.53. The Hall–Kier alpha value is -2.27. The number of carbonyl (C=O) groups is 1. The van der Waals surface area contributed by atoms with Crippen molar-refractivity contribution >= 4 is 23.2 Å². The molecule has 0 saturated heterocycles. The second-order valence-electron chi connectivity index (χ2n) is 5.74. The molecule has 0 bridgehead atoms. The van der Waals surface area contributed by atoms with Crippen LogP contribution in [-0.2, 0) is 4.79 Å². The van der Waals surface area contributed by atoms with Crippen molar-refractivity contribution in [1.29, 1.82) is 0 Å². The van der Waals surface area contributed by atoms with Crippen LogP contribution in [0.3, 0.4) is 0 Å². The first-order chi connectivity index (χ1) is 12.0. The molecule has 0 aromatic heterocycles. The van der Waals surface area contributed by atoms with Crippen molar-refractivity contribution in [2.45, 2.75) is 32.8 Å². The molecule has 2 aromatic carbocycles. The molecule has 0 unspecified atom stereocenters. The summed E-state index contributed by atoms with van der Waals surface area (Å²) in [6.45, 7) is 4.08. The van der Waals surface area contributed by atoms with Gasteiger partial charge in [-0.25, -0.2) is 4.39 Å². The van der Waals surface area contributed by atoms with E-state index in [4.69, 9.17) is 21.1 Å². The summed E-state index contributed by atoms with van der Waals surface area (Å²) in [4.78, 5) is 12.1. The van der Waals surface area contributed by atoms with Crippen LogP contribution in [0.15, 0.2) is 42.5 Å². The number of carbonyl (C=O) groups excluding carboxylic acids is 1. The minimum atomic E-state index is -0.437. The van der Waals surface area contributed by atoms with Crippen LogP contribution in [0.4, 0.5) is 10.1 Å². The fourth-order valence-electron chi connectivity index (χ4n) is 2.15. The van der Waals surface area contributed by atoms with Gasteiger partial charge in [0.1, 0.15) is 17.3 Å². The maximum atomic E-state index is 13.4. The van der Waals surface area contributed by atoms with Gasteiger partial charge in [0.2, 0.25) is 5.91 Å². The molecule has 0 saturated carbocycles. The van der Waals surface area contributed by atoms with Crippen LogP contribution in [0, 0.1) is 5.82 Å². The van der Waals surface area contributed by atoms with E-state index in [0.29, 0.717) is 35.2 Å². The number of nitrogens with one attached hydrogen (secondary N) is 1. The van der Waals surface area contributed by atoms with Crippen molar-refractivity contribution in [3.05, 3.63) is 53.3 Å². The van der Waals surface area contributed by atoms with Crippen LogP contribution in [0.1, 0.15) is 26.7 Å². The van der Waals surface area contributed by atoms with E-state index in [2.05, 4.69) is 5.32 Å². The molecule has 0 aliphatic carbocycles. The Morgan fingerprint density at radius 3 is 2.68 bits per heavy atom. The number of ether oxygens (including phenoxy) is 2. The Morgan fingerprint density at radius 2 is 1.96 bits per heavy atom. The van der Waals surface area contributed by atoms with E-state index < -0.39 is 5.82 Å². The van der Waals surface area contributed by atoms with Crippen molar-refractivity contribution in [3.8, 4) is 11.5 Å². The van der Waals surface area contributed by atoms with Gasteiger partial charge >= 0.3 is 0 Å². The van der Waals surface area contributed by atoms with Gasteiger partial charge in [-0.2, -0.15) is 0 Å². The highest BCUT2D eigenvalue weighted by atomic mass is 35.5. The van der Waals surface area contributed by atoms with E-state index in [-0.39, 0.29) is 18.4 Å². The molecule has 0 aliphatic heterocycles. The molecule has 0 aliphatic rings. The average molecular weight is 366 g/mol. The summed E-state index contributed by atoms with van der Waals surface area (Å²) in [7, 11) is 0. The molecule has 0 spiro atoms. The molecule has 134 valence electrons. The SMILES string of the molecule is CC(C)Oc1ccc(F)cc1NC(=O)CCCOc1ccccc1Cl. The molecule has 0 radical (unpaired) electrons. The maximum Gasteiger partial charge on any atom is 0.224 e. The van der Waals surface area contributed by atoms with E-state index in [1.807, 2.05) is 26.0 Å². The number of hydrogen-bond acceptors (Lipinski definition) is 3. The third kappa shape index (κ3) is 6.27. The summed E-state index contributed by atoms with van der Waals surface area (Å²) in [5.74, 6) is 0.356. The highest BCUT2D eigenvalue weighted by molar-refractivity contribution is 6.32. The van der Waals surface area contributed by atoms with Gasteiger partial charge in [-0.05, 0) is 44.5 Å². The van der Waals surface area contributed by atoms with Gasteiger partial charge in [-0.15, -0.1) is 0 Å². The van der Waals surface area contributed by atoms with Gasteiger partial charge in [-0.3, -0.25) is 4.79 Å². The standard InChI is InChI=1S/C19H21ClFNO3/c1-13(2)25-18-10-9-14(21)12-16(18)22-19(23)8-5-11-24-17-7-4-3-6-15(17)20/h3-4,6-7,9-10,12-13H,5,8,11H2,1-2H3,(H,22,23). The third-order valence-electron chi connectivity index (χ3n) is 3.22. The quantitative estimate of drug-likeness (QED) is 0.665. The molecule has 1 amide bonds. The van der Waals surface area contributed by atoms with Crippen LogP contribution in [0.25, 0.3) is 0 Å². The predicted octanol–water partition coefficient (Wildman–Crippen LogP) is 5.06. The first-order valence-corrected chi connectivity index (χ1v) is 8.47. The summed E-state index contributed by atoms with van der Waals surface area (Å²) < 4.78 is 24.5. The van der Waals surface area contributed by atoms with Crippen LogP contribution in [-0.4, -0.2) is 18.6 Å². The van der Waals surface area contributed by atoms with Crippen LogP contribution in [0.2, 0.25) is 5.02 Å². The molecule has 0 heterocycles. The monoisotopic (exact) mass is 365 g/mol. The molecule has 6 heteroatoms. The Balaban J connectivity index is 1.84. The topological polar surface area (TPSA) is 47.6 Å². The highest BCUT2D eigenvalue weighted by Gasteiger charge is 2.11. The Morgan fingerprint density at radius 1 is 1.20 bits per heavy atom. The predicted molar refractivity (Wildman–Crippen MR) is 97.0 cm³/mol. The smallest absolute Gasteiger partial charge is 0.224 e. The van der Waals surface area contributed by atoms with Crippen molar-refractivity contribution in [2.24, 2.45) is 0 Å². The Bertz CT molecular complexity index is 722. The number of hydrogen-bond donors (Lipinski definition) is 1. The van der Waals surface area contributed by atoms with E-state index in [0.717, 1.165) is 0 Å². The van der Waals surface area contributed by atoms with Crippen LogP contribution >= 0.6 is 11.6 Å². The van der Waals surface area contributed by atoms with Gasteiger partial charge < -0.3 is 14.8 Å². The first-order valence-electron chi connectivity index (χ1n) is 8.09. The number of anilines is 1. The largest absolute Gasteiger partial charge is 0.492 e. The Kier molecular flexibility index (Phi) is 7.07. The molecule has 4 nitrogen and oxygen atoms in total. The molecule has 0 atom stereocenters. The zero-order valence-corrected chi connectivity index (χ0v) is 15.0. The van der Waals surface area contributed by atoms with E-state index in [1.165, 1.54) is 18.2 Å². The second kappa shape index (κ2) is 9.28. The summed E-state index contributed by atoms with van der Waals surface area (Å²) in [5.41, 5.74) is 0.325. The van der Waals surface area contributed by atoms with E-state index in [9.17, 15) is 9.18 Å². The lowest BCUT2D eigenvalue weighted by Gasteiger charge is -2.15. The molecule has 1 N–H and O–H groups in total. The van der Waals surface area contributed by atoms with E-state index >= 15 is 0 Å². The zero-order valence-electron chi connectivity index (χ0n) is 14.2. The van der Waals surface area contributed by atoms with E-state index in [1.54, 1.807) is 12.1 Å². The lowest BCUT2D eigenvalue weighted by molar-refractivity contribution is -0.116. The van der Waals surface area contributed by atoms with Crippen LogP contribution in [0.5, 0.6) is 11.5 Å². The molecular formula is C19H21ClFNO3. The minimum absolute atomic E-state index is 0.0786. The summed E-state index contributed by atoms with van der Waals surface area (Å²) in [6.07, 6.45) is 0.666. The molecule has 2 aromatic rings. The Labute approximate surface area is 151 Å². The summed E-state index contributed by atoms with van der Waals surface area (Å²) in [5, 5.41) is 3.21. The first kappa shape index (κ1) is 19.1. The lowest BCUT2D eigenvalue weighted by Crippen LogP contribution is -2.15. The summed E-state index contributed by atoms with van der Waals surface area (Å²) >= 11 is 5.99. The van der Waals surface area contributed by atoms with Gasteiger partial charge in [0.15, 0.2) is 0 Å². The number of amides is 1. The minimum Gasteiger partial charge on any atom is -0.492 e. The lowest BCUT2D eigenvalue weighted by atomic mass is 10.2. The van der Waals surface area contributed by atoms with Gasteiger partial charge in [0.05, 0.1) is 23.4 Å². The summed E-state index contributed by atoms with van der Waals surface area (Å²) in [6, 6.07) is 11.2. The number of benzene rings is 2. The number of halogens is 2. The number of rotatable bonds is 8. The molecule has 2 rings (SSSR count). The maximum absolute atomic E-state index is 13.4. The van der Waals surface area contributed by atoms with Crippen molar-refractivity contribution < 1.29 is 18.7 Å².